The van der Waals surface area contributed by atoms with Crippen molar-refractivity contribution in [1.29, 1.82) is 0 Å². The molecule has 0 bridgehead atoms. The van der Waals surface area contributed by atoms with Crippen LogP contribution in [0.25, 0.3) is 0 Å². The van der Waals surface area contributed by atoms with Crippen molar-refractivity contribution in [2.45, 2.75) is 19.5 Å². The average Bonchev–Trinajstić information content (AvgIpc) is 2.14. The largest absolute Gasteiger partial charge is 0.420 e. The summed E-state index contributed by atoms with van der Waals surface area (Å²) in [5.41, 5.74) is -3.71. The first-order chi connectivity index (χ1) is 7.64. The molecule has 94 valence electrons. The first-order valence-electron chi connectivity index (χ1n) is 4.16. The van der Waals surface area contributed by atoms with Crippen LogP contribution in [0.2, 0.25) is 0 Å². The van der Waals surface area contributed by atoms with Gasteiger partial charge in [-0.1, -0.05) is 0 Å². The molecule has 0 saturated carbocycles. The Kier molecular flexibility index (Phi) is 3.30. The zero-order chi connectivity index (χ0) is 13.4. The molecule has 0 unspecified atom stereocenters. The molecule has 0 N–H and O–H groups in total. The number of aryl methyl sites for hydroxylation is 1. The van der Waals surface area contributed by atoms with Crippen molar-refractivity contribution in [2.24, 2.45) is 0 Å². The minimum atomic E-state index is -5.03. The van der Waals surface area contributed by atoms with E-state index in [9.17, 15) is 32.1 Å². The van der Waals surface area contributed by atoms with E-state index in [1.54, 1.807) is 0 Å². The van der Waals surface area contributed by atoms with Gasteiger partial charge < -0.3 is 10.1 Å². The Hall–Kier alpha value is -1.80. The van der Waals surface area contributed by atoms with Gasteiger partial charge in [0.25, 0.3) is 0 Å². The summed E-state index contributed by atoms with van der Waals surface area (Å²) in [7, 11) is 0. The molecule has 1 rings (SSSR count). The number of hydrogen-bond donors (Lipinski definition) is 0. The van der Waals surface area contributed by atoms with Gasteiger partial charge in [-0.25, -0.2) is 8.78 Å². The van der Waals surface area contributed by atoms with Gasteiger partial charge in [-0.3, -0.25) is 0 Å². The van der Waals surface area contributed by atoms with Crippen LogP contribution in [0.4, 0.5) is 27.8 Å². The molecule has 0 aliphatic rings. The van der Waals surface area contributed by atoms with Gasteiger partial charge in [0.1, 0.15) is 5.56 Å². The van der Waals surface area contributed by atoms with Crippen LogP contribution in [0.5, 0.6) is 0 Å². The summed E-state index contributed by atoms with van der Waals surface area (Å²) in [6.07, 6.45) is -8.57. The molecule has 1 aromatic heterocycles. The number of hydrogen-bond acceptors (Lipinski definition) is 3. The van der Waals surface area contributed by atoms with Crippen molar-refractivity contribution in [3.8, 4) is 0 Å². The lowest BCUT2D eigenvalue weighted by molar-refractivity contribution is -0.390. The lowest BCUT2D eigenvalue weighted by Gasteiger charge is -2.09. The van der Waals surface area contributed by atoms with Crippen molar-refractivity contribution < 1.29 is 26.9 Å². The van der Waals surface area contributed by atoms with E-state index in [4.69, 9.17) is 0 Å². The molecule has 0 aliphatic carbocycles. The molecule has 0 saturated heterocycles. The van der Waals surface area contributed by atoms with Gasteiger partial charge >= 0.3 is 18.4 Å². The van der Waals surface area contributed by atoms with Crippen LogP contribution in [0.15, 0.2) is 6.07 Å². The first kappa shape index (κ1) is 13.3. The van der Waals surface area contributed by atoms with Gasteiger partial charge in [0, 0.05) is 5.56 Å². The van der Waals surface area contributed by atoms with Gasteiger partial charge in [-0.05, 0) is 22.9 Å². The van der Waals surface area contributed by atoms with Crippen molar-refractivity contribution in [3.63, 3.8) is 0 Å². The van der Waals surface area contributed by atoms with Gasteiger partial charge in [-0.2, -0.15) is 13.2 Å². The predicted molar refractivity (Wildman–Crippen MR) is 45.6 cm³/mol. The predicted octanol–water partition coefficient (Wildman–Crippen LogP) is 3.25. The van der Waals surface area contributed by atoms with E-state index in [0.717, 1.165) is 6.92 Å². The highest BCUT2D eigenvalue weighted by Crippen LogP contribution is 2.37. The number of halogens is 5. The highest BCUT2D eigenvalue weighted by Gasteiger charge is 2.41. The zero-order valence-corrected chi connectivity index (χ0v) is 8.26. The van der Waals surface area contributed by atoms with E-state index in [2.05, 4.69) is 4.98 Å². The fourth-order valence-corrected chi connectivity index (χ4v) is 1.20. The Morgan fingerprint density at radius 1 is 1.41 bits per heavy atom. The van der Waals surface area contributed by atoms with Crippen LogP contribution in [0, 0.1) is 17.0 Å². The molecule has 0 fully saturated rings. The third kappa shape index (κ3) is 2.66. The monoisotopic (exact) mass is 256 g/mol. The van der Waals surface area contributed by atoms with Crippen LogP contribution < -0.4 is 0 Å². The maximum absolute atomic E-state index is 12.4. The molecule has 0 amide bonds. The second kappa shape index (κ2) is 4.22. The number of nitro groups is 1. The molecule has 4 nitrogen and oxygen atoms in total. The quantitative estimate of drug-likeness (QED) is 0.463. The molecule has 0 aromatic carbocycles. The first-order valence-corrected chi connectivity index (χ1v) is 4.16. The molecule has 9 heteroatoms. The molecule has 0 spiro atoms. The number of aromatic nitrogens is 1. The fraction of sp³-hybridized carbons (Fsp3) is 0.375. The molecule has 17 heavy (non-hydrogen) atoms. The third-order valence-electron chi connectivity index (χ3n) is 1.90. The summed E-state index contributed by atoms with van der Waals surface area (Å²) in [5, 5.41) is 10.4. The Bertz CT molecular complexity index is 458. The van der Waals surface area contributed by atoms with Crippen molar-refractivity contribution in [1.82, 2.24) is 4.98 Å². The Morgan fingerprint density at radius 3 is 2.29 bits per heavy atom. The maximum atomic E-state index is 12.4. The summed E-state index contributed by atoms with van der Waals surface area (Å²) in [6, 6.07) is 0.298. The summed E-state index contributed by atoms with van der Waals surface area (Å²) < 4.78 is 61.8. The highest BCUT2D eigenvalue weighted by molar-refractivity contribution is 5.39. The van der Waals surface area contributed by atoms with Crippen LogP contribution >= 0.6 is 0 Å². The third-order valence-corrected chi connectivity index (χ3v) is 1.90. The molecule has 0 atom stereocenters. The van der Waals surface area contributed by atoms with E-state index in [1.165, 1.54) is 0 Å². The minimum Gasteiger partial charge on any atom is -0.358 e. The van der Waals surface area contributed by atoms with Crippen LogP contribution in [0.1, 0.15) is 23.2 Å². The van der Waals surface area contributed by atoms with Crippen molar-refractivity contribution in [2.75, 3.05) is 0 Å². The second-order valence-corrected chi connectivity index (χ2v) is 3.12. The van der Waals surface area contributed by atoms with E-state index in [1.807, 2.05) is 0 Å². The Labute approximate surface area is 91.2 Å². The van der Waals surface area contributed by atoms with E-state index in [-0.39, 0.29) is 0 Å². The maximum Gasteiger partial charge on any atom is 0.420 e. The number of rotatable bonds is 2. The summed E-state index contributed by atoms with van der Waals surface area (Å²) >= 11 is 0. The summed E-state index contributed by atoms with van der Waals surface area (Å²) in [6.45, 7) is 0.996. The fourth-order valence-electron chi connectivity index (χ4n) is 1.20. The SMILES string of the molecule is Cc1cc(C(F)(F)F)c(C(F)F)nc1[N+](=O)[O-]. The van der Waals surface area contributed by atoms with Crippen LogP contribution in [-0.4, -0.2) is 9.91 Å². The normalized spacial score (nSPS) is 11.9. The number of pyridine rings is 1. The summed E-state index contributed by atoms with van der Waals surface area (Å²) in [5.74, 6) is -1.01. The van der Waals surface area contributed by atoms with Gasteiger partial charge in [0.2, 0.25) is 5.69 Å². The van der Waals surface area contributed by atoms with E-state index in [0.29, 0.717) is 6.07 Å². The second-order valence-electron chi connectivity index (χ2n) is 3.12. The van der Waals surface area contributed by atoms with Crippen LogP contribution in [0.3, 0.4) is 0 Å². The number of alkyl halides is 5. The Morgan fingerprint density at radius 2 is 1.94 bits per heavy atom. The average molecular weight is 256 g/mol. The minimum absolute atomic E-state index is 0.298. The van der Waals surface area contributed by atoms with Gasteiger partial charge in [0.15, 0.2) is 0 Å². The van der Waals surface area contributed by atoms with Crippen LogP contribution in [-0.2, 0) is 6.18 Å². The lowest BCUT2D eigenvalue weighted by atomic mass is 10.1. The molecule has 1 aromatic rings. The molecule has 0 aliphatic heterocycles. The van der Waals surface area contributed by atoms with E-state index >= 15 is 0 Å². The van der Waals surface area contributed by atoms with E-state index < -0.39 is 40.2 Å². The highest BCUT2D eigenvalue weighted by atomic mass is 19.4. The van der Waals surface area contributed by atoms with Gasteiger partial charge in [-0.15, -0.1) is 0 Å². The topological polar surface area (TPSA) is 56.0 Å². The van der Waals surface area contributed by atoms with Gasteiger partial charge in [0.05, 0.1) is 0 Å². The van der Waals surface area contributed by atoms with Crippen molar-refractivity contribution >= 4 is 5.82 Å². The molecular formula is C8H5F5N2O2. The summed E-state index contributed by atoms with van der Waals surface area (Å²) in [4.78, 5) is 12.0. The molecule has 1 heterocycles. The lowest BCUT2D eigenvalue weighted by Crippen LogP contribution is -2.13. The molecular weight excluding hydrogens is 251 g/mol. The zero-order valence-electron chi connectivity index (χ0n) is 8.26. The van der Waals surface area contributed by atoms with Crippen molar-refractivity contribution in [3.05, 3.63) is 33.0 Å². The standard InChI is InChI=1S/C8H5F5N2O2/c1-3-2-4(8(11,12)13)5(6(9)10)14-7(3)15(16)17/h2,6H,1H3. The number of nitrogens with zero attached hydrogens (tertiary/aromatic N) is 2. The smallest absolute Gasteiger partial charge is 0.358 e. The Balaban J connectivity index is 3.53. The molecule has 0 radical (unpaired) electrons.